The number of hydrogen-bond acceptors (Lipinski definition) is 1. The van der Waals surface area contributed by atoms with E-state index >= 15 is 35.1 Å². The first-order valence-corrected chi connectivity index (χ1v) is 16.2. The lowest BCUT2D eigenvalue weighted by molar-refractivity contribution is -0.688. The summed E-state index contributed by atoms with van der Waals surface area (Å²) in [6, 6.07) is 16.4. The zero-order valence-electron chi connectivity index (χ0n) is 29.1. The van der Waals surface area contributed by atoms with Gasteiger partial charge in [0.05, 0.1) is 12.5 Å². The van der Waals surface area contributed by atoms with Gasteiger partial charge in [0.2, 0.25) is 0 Å². The molecule has 5 aromatic carbocycles. The Labute approximate surface area is 327 Å². The van der Waals surface area contributed by atoms with Crippen molar-refractivity contribution in [3.05, 3.63) is 182 Å². The lowest BCUT2D eigenvalue weighted by Gasteiger charge is -2.44. The maximum absolute atomic E-state index is 15.4. The van der Waals surface area contributed by atoms with Gasteiger partial charge in [-0.15, -0.1) is 21.9 Å². The molecular formula is C38H13BF20N2. The van der Waals surface area contributed by atoms with Crippen LogP contribution in [0.1, 0.15) is 11.1 Å². The minimum atomic E-state index is -7.22. The first kappa shape index (κ1) is 45.5. The number of benzene rings is 5. The molecule has 6 rings (SSSR count). The molecule has 0 N–H and O–H groups in total. The summed E-state index contributed by atoms with van der Waals surface area (Å²) in [4.78, 5) is 0. The zero-order valence-corrected chi connectivity index (χ0v) is 29.1. The van der Waals surface area contributed by atoms with Gasteiger partial charge in [0.25, 0.3) is 0 Å². The molecule has 0 saturated heterocycles. The van der Waals surface area contributed by atoms with E-state index in [1.807, 2.05) is 42.7 Å². The van der Waals surface area contributed by atoms with E-state index in [0.29, 0.717) is 6.42 Å². The quantitative estimate of drug-likeness (QED) is 0.0527. The number of aromatic nitrogens is 1. The summed E-state index contributed by atoms with van der Waals surface area (Å²) in [5.74, 6) is -71.4. The summed E-state index contributed by atoms with van der Waals surface area (Å²) in [5.41, 5.74) is -12.0. The maximum atomic E-state index is 15.4. The van der Waals surface area contributed by atoms with Crippen molar-refractivity contribution in [3.63, 3.8) is 0 Å². The molecule has 318 valence electrons. The second-order valence-corrected chi connectivity index (χ2v) is 12.5. The average molecular weight is 888 g/mol. The van der Waals surface area contributed by atoms with Crippen LogP contribution in [0.2, 0.25) is 0 Å². The van der Waals surface area contributed by atoms with Crippen molar-refractivity contribution in [2.45, 2.75) is 13.0 Å². The smallest absolute Gasteiger partial charge is 0.200 e. The predicted octanol–water partition coefficient (Wildman–Crippen LogP) is 7.93. The van der Waals surface area contributed by atoms with Gasteiger partial charge in [0, 0.05) is 17.7 Å². The summed E-state index contributed by atoms with van der Waals surface area (Å²) >= 11 is 0. The van der Waals surface area contributed by atoms with Crippen LogP contribution in [-0.4, -0.2) is 6.15 Å². The Morgan fingerprint density at radius 1 is 0.344 bits per heavy atom. The van der Waals surface area contributed by atoms with Crippen molar-refractivity contribution < 1.29 is 92.4 Å². The second kappa shape index (κ2) is 17.2. The monoisotopic (exact) mass is 888 g/mol. The molecule has 0 amide bonds. The number of pyridine rings is 1. The Balaban J connectivity index is 0.000000366. The van der Waals surface area contributed by atoms with Gasteiger partial charge in [-0.1, -0.05) is 30.3 Å². The van der Waals surface area contributed by atoms with Crippen molar-refractivity contribution in [1.29, 1.82) is 5.26 Å². The summed E-state index contributed by atoms with van der Waals surface area (Å²) in [6.07, 6.45) is -2.71. The average Bonchev–Trinajstić information content (AvgIpc) is 3.25. The molecular weight excluding hydrogens is 875 g/mol. The van der Waals surface area contributed by atoms with Gasteiger partial charge in [-0.3, -0.25) is 0 Å². The second-order valence-electron chi connectivity index (χ2n) is 12.5. The van der Waals surface area contributed by atoms with Crippen molar-refractivity contribution in [2.75, 3.05) is 0 Å². The van der Waals surface area contributed by atoms with E-state index in [0.717, 1.165) is 12.1 Å². The van der Waals surface area contributed by atoms with Crippen LogP contribution in [0, 0.1) is 128 Å². The van der Waals surface area contributed by atoms with Crippen molar-refractivity contribution in [2.24, 2.45) is 0 Å². The molecule has 0 fully saturated rings. The number of nitriles is 1. The molecule has 23 heteroatoms. The molecule has 0 aliphatic rings. The van der Waals surface area contributed by atoms with E-state index in [-0.39, 0.29) is 0 Å². The molecule has 61 heavy (non-hydrogen) atoms. The Hall–Kier alpha value is -6.60. The molecule has 0 radical (unpaired) electrons. The number of nitrogens with zero attached hydrogens (tertiary/aromatic N) is 2. The zero-order chi connectivity index (χ0) is 45.6. The van der Waals surface area contributed by atoms with Gasteiger partial charge in [-0.05, 0) is 5.56 Å². The SMILES string of the molecule is Fc1c(F)c(F)c([B-](c2c(F)c(F)c(F)c(F)c2F)(c2c(F)c(F)c(F)c(F)c2F)c2c(F)c(F)c(F)c(F)c2F)c(F)c1F.N#CCc1cc[n+](Cc2ccccc2)cc1. The van der Waals surface area contributed by atoms with E-state index in [4.69, 9.17) is 5.26 Å². The fraction of sp³-hybridized carbons (Fsp3) is 0.0526. The molecule has 1 aromatic heterocycles. The lowest BCUT2D eigenvalue weighted by atomic mass is 9.12. The summed E-state index contributed by atoms with van der Waals surface area (Å²) < 4.78 is 296. The van der Waals surface area contributed by atoms with Crippen LogP contribution < -0.4 is 26.4 Å². The third kappa shape index (κ3) is 7.37. The first-order chi connectivity index (χ1) is 28.6. The van der Waals surface area contributed by atoms with Gasteiger partial charge in [-0.25, -0.2) is 92.4 Å². The maximum Gasteiger partial charge on any atom is 0.200 e. The van der Waals surface area contributed by atoms with E-state index < -0.39 is 144 Å². The van der Waals surface area contributed by atoms with Crippen LogP contribution in [0.4, 0.5) is 87.8 Å². The highest BCUT2D eigenvalue weighted by Gasteiger charge is 2.52. The molecule has 0 bridgehead atoms. The predicted molar refractivity (Wildman–Crippen MR) is 171 cm³/mol. The van der Waals surface area contributed by atoms with Crippen molar-refractivity contribution >= 4 is 28.0 Å². The van der Waals surface area contributed by atoms with Gasteiger partial charge in [0.15, 0.2) is 88.7 Å². The van der Waals surface area contributed by atoms with E-state index in [2.05, 4.69) is 22.8 Å². The Morgan fingerprint density at radius 3 is 0.836 bits per heavy atom. The third-order valence-electron chi connectivity index (χ3n) is 9.16. The fourth-order valence-electron chi connectivity index (χ4n) is 6.47. The van der Waals surface area contributed by atoms with E-state index in [1.54, 1.807) is 0 Å². The van der Waals surface area contributed by atoms with E-state index in [1.165, 1.54) is 5.56 Å². The van der Waals surface area contributed by atoms with Crippen LogP contribution in [0.15, 0.2) is 54.9 Å². The van der Waals surface area contributed by atoms with Gasteiger partial charge in [-0.2, -0.15) is 5.26 Å². The number of hydrogen-bond donors (Lipinski definition) is 0. The molecule has 0 aliphatic carbocycles. The molecule has 0 unspecified atom stereocenters. The van der Waals surface area contributed by atoms with Gasteiger partial charge in [0.1, 0.15) is 52.7 Å². The topological polar surface area (TPSA) is 27.7 Å². The van der Waals surface area contributed by atoms with Crippen LogP contribution in [0.3, 0.4) is 0 Å². The fourth-order valence-corrected chi connectivity index (χ4v) is 6.47. The van der Waals surface area contributed by atoms with Gasteiger partial charge >= 0.3 is 0 Å². The minimum Gasteiger partial charge on any atom is -0.207 e. The summed E-state index contributed by atoms with van der Waals surface area (Å²) in [5, 5.41) is 8.57. The van der Waals surface area contributed by atoms with E-state index in [9.17, 15) is 52.7 Å². The number of rotatable bonds is 7. The first-order valence-electron chi connectivity index (χ1n) is 16.2. The largest absolute Gasteiger partial charge is 0.207 e. The van der Waals surface area contributed by atoms with Crippen molar-refractivity contribution in [1.82, 2.24) is 0 Å². The summed E-state index contributed by atoms with van der Waals surface area (Å²) in [7, 11) is 0. The summed E-state index contributed by atoms with van der Waals surface area (Å²) in [6.45, 7) is 0.869. The Bertz CT molecular complexity index is 2370. The molecule has 0 saturated carbocycles. The molecule has 0 aliphatic heterocycles. The van der Waals surface area contributed by atoms with Crippen molar-refractivity contribution in [3.8, 4) is 6.07 Å². The van der Waals surface area contributed by atoms with Crippen LogP contribution in [0.25, 0.3) is 0 Å². The Kier molecular flexibility index (Phi) is 12.8. The highest BCUT2D eigenvalue weighted by atomic mass is 19.2. The highest BCUT2D eigenvalue weighted by molar-refractivity contribution is 7.20. The standard InChI is InChI=1S/C24BF20.C14H13N2/c26-5-1(6(27)14(35)21(42)13(5)34)25(2-7(28)15(36)22(43)16(37)8(2)29,3-9(30)17(38)23(44)18(39)10(3)31)4-11(32)19(40)24(45)20(41)12(4)33;15-9-6-13-7-10-16(11-8-13)12-14-4-2-1-3-5-14/h;1-5,7-8,10-11H,6,12H2/q-1;+1. The molecule has 6 aromatic rings. The molecule has 1 heterocycles. The molecule has 0 atom stereocenters. The molecule has 0 spiro atoms. The van der Waals surface area contributed by atoms with Gasteiger partial charge < -0.3 is 0 Å². The minimum absolute atomic E-state index is 0.478. The Morgan fingerprint density at radius 2 is 0.590 bits per heavy atom. The highest BCUT2D eigenvalue weighted by Crippen LogP contribution is 2.30. The number of halogens is 20. The van der Waals surface area contributed by atoms with Crippen LogP contribution >= 0.6 is 0 Å². The third-order valence-corrected chi connectivity index (χ3v) is 9.16. The van der Waals surface area contributed by atoms with Crippen LogP contribution in [0.5, 0.6) is 0 Å². The van der Waals surface area contributed by atoms with Crippen LogP contribution in [-0.2, 0) is 13.0 Å². The normalized spacial score (nSPS) is 11.4. The molecule has 2 nitrogen and oxygen atoms in total. The lowest BCUT2D eigenvalue weighted by Crippen LogP contribution is -2.81.